The van der Waals surface area contributed by atoms with Gasteiger partial charge in [-0.05, 0) is 38.1 Å². The van der Waals surface area contributed by atoms with Crippen LogP contribution in [0.2, 0.25) is 0 Å². The zero-order valence-corrected chi connectivity index (χ0v) is 13.1. The molecule has 2 aliphatic rings. The van der Waals surface area contributed by atoms with Crippen molar-refractivity contribution in [1.29, 1.82) is 0 Å². The van der Waals surface area contributed by atoms with Crippen molar-refractivity contribution in [2.75, 3.05) is 35.7 Å². The number of carbonyl (C=O) groups excluding carboxylic acids is 1. The molecule has 1 aromatic carbocycles. The van der Waals surface area contributed by atoms with Gasteiger partial charge in [0.15, 0.2) is 0 Å². The molecule has 120 valence electrons. The fourth-order valence-corrected chi connectivity index (χ4v) is 3.37. The number of halogens is 1. The third-order valence-electron chi connectivity index (χ3n) is 4.02. The smallest absolute Gasteiger partial charge is 0.243 e. The second-order valence-electron chi connectivity index (χ2n) is 5.57. The minimum atomic E-state index is -3.65. The molecule has 1 fully saturated rings. The van der Waals surface area contributed by atoms with E-state index < -0.39 is 27.5 Å². The summed E-state index contributed by atoms with van der Waals surface area (Å²) in [6, 6.07) is 4.78. The summed E-state index contributed by atoms with van der Waals surface area (Å²) < 4.78 is 38.9. The van der Waals surface area contributed by atoms with E-state index in [1.54, 1.807) is 6.07 Å². The van der Waals surface area contributed by atoms with E-state index in [1.807, 2.05) is 0 Å². The SMILES string of the molecule is CNS(=O)(=O)CC(=O)N1CCN(C2CC2)c2ccc(F)cc21. The van der Waals surface area contributed by atoms with Gasteiger partial charge in [0.2, 0.25) is 15.9 Å². The van der Waals surface area contributed by atoms with E-state index in [2.05, 4.69) is 9.62 Å². The third kappa shape index (κ3) is 2.93. The largest absolute Gasteiger partial charge is 0.365 e. The minimum absolute atomic E-state index is 0.366. The fourth-order valence-electron chi connectivity index (χ4n) is 2.74. The number of fused-ring (bicyclic) bond motifs is 1. The van der Waals surface area contributed by atoms with Crippen molar-refractivity contribution < 1.29 is 17.6 Å². The number of carbonyl (C=O) groups is 1. The van der Waals surface area contributed by atoms with Crippen LogP contribution in [0.4, 0.5) is 15.8 Å². The van der Waals surface area contributed by atoms with Crippen molar-refractivity contribution in [1.82, 2.24) is 4.72 Å². The van der Waals surface area contributed by atoms with Crippen molar-refractivity contribution in [2.24, 2.45) is 0 Å². The Labute approximate surface area is 128 Å². The molecule has 1 heterocycles. The van der Waals surface area contributed by atoms with Crippen LogP contribution in [0.1, 0.15) is 12.8 Å². The topological polar surface area (TPSA) is 69.7 Å². The highest BCUT2D eigenvalue weighted by Gasteiger charge is 2.36. The molecule has 3 rings (SSSR count). The van der Waals surface area contributed by atoms with Crippen molar-refractivity contribution in [2.45, 2.75) is 18.9 Å². The molecule has 1 saturated carbocycles. The monoisotopic (exact) mass is 327 g/mol. The molecule has 0 unspecified atom stereocenters. The highest BCUT2D eigenvalue weighted by Crippen LogP contribution is 2.40. The maximum absolute atomic E-state index is 13.6. The lowest BCUT2D eigenvalue weighted by atomic mass is 10.1. The van der Waals surface area contributed by atoms with E-state index in [-0.39, 0.29) is 0 Å². The molecule has 1 aliphatic heterocycles. The van der Waals surface area contributed by atoms with Crippen LogP contribution in [0.25, 0.3) is 0 Å². The summed E-state index contributed by atoms with van der Waals surface area (Å²) in [7, 11) is -2.38. The Balaban J connectivity index is 1.92. The Morgan fingerprint density at radius 1 is 1.32 bits per heavy atom. The van der Waals surface area contributed by atoms with Crippen LogP contribution in [0.15, 0.2) is 18.2 Å². The first kappa shape index (κ1) is 15.2. The normalized spacial score (nSPS) is 18.3. The zero-order chi connectivity index (χ0) is 15.9. The molecule has 6 nitrogen and oxygen atoms in total. The van der Waals surface area contributed by atoms with E-state index in [0.717, 1.165) is 18.5 Å². The Hall–Kier alpha value is -1.67. The summed E-state index contributed by atoms with van der Waals surface area (Å²) in [5, 5.41) is 0. The van der Waals surface area contributed by atoms with Gasteiger partial charge in [-0.25, -0.2) is 17.5 Å². The van der Waals surface area contributed by atoms with Crippen LogP contribution in [0.5, 0.6) is 0 Å². The lowest BCUT2D eigenvalue weighted by molar-refractivity contribution is -0.116. The van der Waals surface area contributed by atoms with Crippen LogP contribution in [0, 0.1) is 5.82 Å². The van der Waals surface area contributed by atoms with Crippen LogP contribution >= 0.6 is 0 Å². The molecule has 8 heteroatoms. The predicted octanol–water partition coefficient (Wildman–Crippen LogP) is 0.690. The fraction of sp³-hybridized carbons (Fsp3) is 0.500. The molecule has 0 radical (unpaired) electrons. The lowest BCUT2D eigenvalue weighted by Crippen LogP contribution is -2.47. The van der Waals surface area contributed by atoms with Gasteiger partial charge in [-0.1, -0.05) is 0 Å². The van der Waals surface area contributed by atoms with E-state index >= 15 is 0 Å². The summed E-state index contributed by atoms with van der Waals surface area (Å²) >= 11 is 0. The number of nitrogens with zero attached hydrogens (tertiary/aromatic N) is 2. The molecule has 1 amide bonds. The highest BCUT2D eigenvalue weighted by molar-refractivity contribution is 7.90. The molecule has 1 aliphatic carbocycles. The Morgan fingerprint density at radius 2 is 2.05 bits per heavy atom. The van der Waals surface area contributed by atoms with Crippen molar-refractivity contribution in [3.05, 3.63) is 24.0 Å². The van der Waals surface area contributed by atoms with Gasteiger partial charge in [-0.3, -0.25) is 4.79 Å². The summed E-state index contributed by atoms with van der Waals surface area (Å²) in [4.78, 5) is 15.8. The molecule has 1 aromatic rings. The summed E-state index contributed by atoms with van der Waals surface area (Å²) in [6.07, 6.45) is 2.19. The molecule has 0 saturated heterocycles. The van der Waals surface area contributed by atoms with Gasteiger partial charge in [0.1, 0.15) is 11.6 Å². The van der Waals surface area contributed by atoms with Gasteiger partial charge in [0.05, 0.1) is 11.4 Å². The number of hydrogen-bond donors (Lipinski definition) is 1. The number of benzene rings is 1. The Morgan fingerprint density at radius 3 is 2.68 bits per heavy atom. The molecular weight excluding hydrogens is 309 g/mol. The number of anilines is 2. The van der Waals surface area contributed by atoms with Crippen LogP contribution in [-0.2, 0) is 14.8 Å². The molecule has 0 bridgehead atoms. The molecule has 22 heavy (non-hydrogen) atoms. The van der Waals surface area contributed by atoms with Crippen molar-refractivity contribution in [3.63, 3.8) is 0 Å². The summed E-state index contributed by atoms with van der Waals surface area (Å²) in [5.41, 5.74) is 1.25. The van der Waals surface area contributed by atoms with E-state index in [0.29, 0.717) is 24.8 Å². The first-order valence-corrected chi connectivity index (χ1v) is 8.84. The first-order valence-electron chi connectivity index (χ1n) is 7.19. The van der Waals surface area contributed by atoms with Crippen LogP contribution in [0.3, 0.4) is 0 Å². The molecule has 0 atom stereocenters. The molecule has 0 spiro atoms. The van der Waals surface area contributed by atoms with E-state index in [9.17, 15) is 17.6 Å². The number of nitrogens with one attached hydrogen (secondary N) is 1. The average Bonchev–Trinajstić information content (AvgIpc) is 3.30. The first-order chi connectivity index (χ1) is 10.4. The van der Waals surface area contributed by atoms with Crippen LogP contribution < -0.4 is 14.5 Å². The second-order valence-corrected chi connectivity index (χ2v) is 7.49. The number of amides is 1. The van der Waals surface area contributed by atoms with Gasteiger partial charge < -0.3 is 9.80 Å². The third-order valence-corrected chi connectivity index (χ3v) is 5.26. The van der Waals surface area contributed by atoms with Gasteiger partial charge in [0.25, 0.3) is 0 Å². The highest BCUT2D eigenvalue weighted by atomic mass is 32.2. The summed E-state index contributed by atoms with van der Waals surface area (Å²) in [5.74, 6) is -1.62. The number of hydrogen-bond acceptors (Lipinski definition) is 4. The van der Waals surface area contributed by atoms with Crippen molar-refractivity contribution in [3.8, 4) is 0 Å². The maximum Gasteiger partial charge on any atom is 0.243 e. The van der Waals surface area contributed by atoms with E-state index in [1.165, 1.54) is 24.1 Å². The van der Waals surface area contributed by atoms with Gasteiger partial charge >= 0.3 is 0 Å². The lowest BCUT2D eigenvalue weighted by Gasteiger charge is -2.38. The minimum Gasteiger partial charge on any atom is -0.365 e. The van der Waals surface area contributed by atoms with Gasteiger partial charge in [0, 0.05) is 19.1 Å². The quantitative estimate of drug-likeness (QED) is 0.883. The maximum atomic E-state index is 13.6. The molecule has 1 N–H and O–H groups in total. The number of sulfonamides is 1. The predicted molar refractivity (Wildman–Crippen MR) is 82.0 cm³/mol. The number of rotatable bonds is 4. The van der Waals surface area contributed by atoms with Crippen LogP contribution in [-0.4, -0.2) is 46.3 Å². The standard InChI is InChI=1S/C14H18FN3O3S/c1-16-22(20,21)9-14(19)18-7-6-17(11-3-4-11)12-5-2-10(15)8-13(12)18/h2,5,8,11,16H,3-4,6-7,9H2,1H3. The van der Waals surface area contributed by atoms with Gasteiger partial charge in [-0.15, -0.1) is 0 Å². The van der Waals surface area contributed by atoms with E-state index in [4.69, 9.17) is 0 Å². The Kier molecular flexibility index (Phi) is 3.82. The zero-order valence-electron chi connectivity index (χ0n) is 12.3. The molecule has 0 aromatic heterocycles. The van der Waals surface area contributed by atoms with Gasteiger partial charge in [-0.2, -0.15) is 0 Å². The molecular formula is C14H18FN3O3S. The second kappa shape index (κ2) is 5.51. The average molecular weight is 327 g/mol. The summed E-state index contributed by atoms with van der Waals surface area (Å²) in [6.45, 7) is 1.000. The Bertz CT molecular complexity index is 703. The van der Waals surface area contributed by atoms with Crippen molar-refractivity contribution >= 4 is 27.3 Å².